The Morgan fingerprint density at radius 2 is 2.24 bits per heavy atom. The first-order chi connectivity index (χ1) is 7.82. The van der Waals surface area contributed by atoms with Crippen LogP contribution in [0.1, 0.15) is 23.0 Å². The molecule has 0 spiro atoms. The minimum absolute atomic E-state index is 0.117. The normalized spacial score (nSPS) is 11.2. The highest BCUT2D eigenvalue weighted by Gasteiger charge is 2.24. The number of carbonyl (C=O) groups is 1. The molecule has 0 amide bonds. The van der Waals surface area contributed by atoms with E-state index in [0.29, 0.717) is 0 Å². The van der Waals surface area contributed by atoms with Crippen molar-refractivity contribution in [1.82, 2.24) is 4.57 Å². The number of rotatable bonds is 4. The van der Waals surface area contributed by atoms with Gasteiger partial charge in [-0.2, -0.15) is 0 Å². The van der Waals surface area contributed by atoms with Gasteiger partial charge in [-0.25, -0.2) is 18.4 Å². The van der Waals surface area contributed by atoms with E-state index in [1.807, 2.05) is 0 Å². The summed E-state index contributed by atoms with van der Waals surface area (Å²) in [6, 6.07) is 0. The van der Waals surface area contributed by atoms with Crippen LogP contribution < -0.4 is 5.14 Å². The highest BCUT2D eigenvalue weighted by Crippen LogP contribution is 2.22. The first-order valence-corrected chi connectivity index (χ1v) is 6.39. The molecule has 1 heterocycles. The topological polar surface area (TPSA) is 91.4 Å². The van der Waals surface area contributed by atoms with Crippen molar-refractivity contribution in [1.29, 1.82) is 0 Å². The van der Waals surface area contributed by atoms with E-state index in [1.165, 1.54) is 23.9 Å². The maximum atomic E-state index is 11.7. The summed E-state index contributed by atoms with van der Waals surface area (Å²) >= 11 is 0. The van der Waals surface area contributed by atoms with Crippen molar-refractivity contribution in [3.05, 3.63) is 24.0 Å². The van der Waals surface area contributed by atoms with E-state index in [-0.39, 0.29) is 22.8 Å². The molecular formula is C10H14N2O4S. The molecular weight excluding hydrogens is 244 g/mol. The van der Waals surface area contributed by atoms with E-state index in [2.05, 4.69) is 6.58 Å². The van der Waals surface area contributed by atoms with Gasteiger partial charge in [-0.05, 0) is 6.92 Å². The van der Waals surface area contributed by atoms with Gasteiger partial charge in [0.2, 0.25) is 10.0 Å². The van der Waals surface area contributed by atoms with Crippen LogP contribution >= 0.6 is 0 Å². The fraction of sp³-hybridized carbons (Fsp3) is 0.300. The average molecular weight is 258 g/mol. The SMILES string of the molecule is C=Cc1c(S(N)(=O)=O)cn(C)c1C(=O)OCC. The van der Waals surface area contributed by atoms with Crippen molar-refractivity contribution in [2.24, 2.45) is 12.2 Å². The van der Waals surface area contributed by atoms with Crippen LogP contribution in [-0.4, -0.2) is 25.6 Å². The predicted octanol–water partition coefficient (Wildman–Crippen LogP) is 0.492. The quantitative estimate of drug-likeness (QED) is 0.796. The molecule has 0 aliphatic heterocycles. The summed E-state index contributed by atoms with van der Waals surface area (Å²) < 4.78 is 28.8. The van der Waals surface area contributed by atoms with Crippen LogP contribution in [0.2, 0.25) is 0 Å². The standard InChI is InChI=1S/C10H14N2O4S/c1-4-7-8(17(11,14)15)6-12(3)9(7)10(13)16-5-2/h4,6H,1,5H2,2-3H3,(H2,11,14,15). The lowest BCUT2D eigenvalue weighted by atomic mass is 10.2. The molecule has 1 aromatic heterocycles. The summed E-state index contributed by atoms with van der Waals surface area (Å²) in [6.07, 6.45) is 2.53. The molecule has 17 heavy (non-hydrogen) atoms. The minimum Gasteiger partial charge on any atom is -0.461 e. The monoisotopic (exact) mass is 258 g/mol. The number of carbonyl (C=O) groups excluding carboxylic acids is 1. The Bertz CT molecular complexity index is 557. The van der Waals surface area contributed by atoms with Crippen molar-refractivity contribution < 1.29 is 17.9 Å². The Kier molecular flexibility index (Phi) is 3.74. The van der Waals surface area contributed by atoms with Crippen molar-refractivity contribution in [3.8, 4) is 0 Å². The summed E-state index contributed by atoms with van der Waals surface area (Å²) in [6.45, 7) is 5.34. The zero-order chi connectivity index (χ0) is 13.2. The summed E-state index contributed by atoms with van der Waals surface area (Å²) in [5.74, 6) is -0.611. The number of esters is 1. The smallest absolute Gasteiger partial charge is 0.355 e. The highest BCUT2D eigenvalue weighted by molar-refractivity contribution is 7.89. The second-order valence-electron chi connectivity index (χ2n) is 3.34. The number of aryl methyl sites for hydroxylation is 1. The molecule has 0 bridgehead atoms. The molecule has 0 aliphatic rings. The Hall–Kier alpha value is -1.60. The van der Waals surface area contributed by atoms with E-state index in [1.54, 1.807) is 6.92 Å². The van der Waals surface area contributed by atoms with Crippen LogP contribution in [0.25, 0.3) is 6.08 Å². The lowest BCUT2D eigenvalue weighted by molar-refractivity contribution is 0.0515. The average Bonchev–Trinajstić information content (AvgIpc) is 2.55. The van der Waals surface area contributed by atoms with Gasteiger partial charge in [0, 0.05) is 18.8 Å². The van der Waals surface area contributed by atoms with Gasteiger partial charge in [0.1, 0.15) is 10.6 Å². The molecule has 0 aromatic carbocycles. The molecule has 1 rings (SSSR count). The molecule has 0 unspecified atom stereocenters. The Morgan fingerprint density at radius 1 is 1.65 bits per heavy atom. The first kappa shape index (κ1) is 13.5. The third kappa shape index (κ3) is 2.56. The number of hydrogen-bond acceptors (Lipinski definition) is 4. The predicted molar refractivity (Wildman–Crippen MR) is 62.8 cm³/mol. The van der Waals surface area contributed by atoms with Crippen LogP contribution in [0.15, 0.2) is 17.7 Å². The number of primary sulfonamides is 1. The molecule has 0 aliphatic carbocycles. The largest absolute Gasteiger partial charge is 0.461 e. The van der Waals surface area contributed by atoms with E-state index in [4.69, 9.17) is 9.88 Å². The van der Waals surface area contributed by atoms with Gasteiger partial charge in [0.05, 0.1) is 6.61 Å². The van der Waals surface area contributed by atoms with E-state index >= 15 is 0 Å². The summed E-state index contributed by atoms with van der Waals surface area (Å²) in [7, 11) is -2.36. The number of nitrogens with two attached hydrogens (primary N) is 1. The molecule has 0 radical (unpaired) electrons. The Labute approximate surface area is 99.7 Å². The third-order valence-electron chi connectivity index (χ3n) is 2.16. The molecule has 0 saturated carbocycles. The Balaban J connectivity index is 3.47. The molecule has 94 valence electrons. The number of ether oxygens (including phenoxy) is 1. The minimum atomic E-state index is -3.90. The molecule has 0 fully saturated rings. The third-order valence-corrected chi connectivity index (χ3v) is 3.10. The van der Waals surface area contributed by atoms with Gasteiger partial charge < -0.3 is 9.30 Å². The fourth-order valence-corrected chi connectivity index (χ4v) is 2.29. The number of nitrogens with zero attached hydrogens (tertiary/aromatic N) is 1. The van der Waals surface area contributed by atoms with Crippen molar-refractivity contribution in [3.63, 3.8) is 0 Å². The second-order valence-corrected chi connectivity index (χ2v) is 4.87. The van der Waals surface area contributed by atoms with E-state index in [9.17, 15) is 13.2 Å². The van der Waals surface area contributed by atoms with Crippen LogP contribution in [0.5, 0.6) is 0 Å². The second kappa shape index (κ2) is 4.72. The maximum Gasteiger partial charge on any atom is 0.355 e. The van der Waals surface area contributed by atoms with Gasteiger partial charge in [0.25, 0.3) is 0 Å². The van der Waals surface area contributed by atoms with Crippen molar-refractivity contribution >= 4 is 22.1 Å². The van der Waals surface area contributed by atoms with Crippen LogP contribution in [0.3, 0.4) is 0 Å². The van der Waals surface area contributed by atoms with Crippen molar-refractivity contribution in [2.45, 2.75) is 11.8 Å². The van der Waals surface area contributed by atoms with Crippen LogP contribution in [0, 0.1) is 0 Å². The molecule has 2 N–H and O–H groups in total. The van der Waals surface area contributed by atoms with E-state index in [0.717, 1.165) is 0 Å². The number of aromatic nitrogens is 1. The maximum absolute atomic E-state index is 11.7. The lowest BCUT2D eigenvalue weighted by Gasteiger charge is -2.04. The zero-order valence-corrected chi connectivity index (χ0v) is 10.5. The number of hydrogen-bond donors (Lipinski definition) is 1. The summed E-state index contributed by atoms with van der Waals surface area (Å²) in [5, 5.41) is 5.05. The van der Waals surface area contributed by atoms with Crippen molar-refractivity contribution in [2.75, 3.05) is 6.61 Å². The van der Waals surface area contributed by atoms with Crippen LogP contribution in [0.4, 0.5) is 0 Å². The van der Waals surface area contributed by atoms with Gasteiger partial charge in [-0.3, -0.25) is 0 Å². The van der Waals surface area contributed by atoms with Gasteiger partial charge in [-0.15, -0.1) is 0 Å². The van der Waals surface area contributed by atoms with Gasteiger partial charge in [-0.1, -0.05) is 12.7 Å². The number of sulfonamides is 1. The van der Waals surface area contributed by atoms with Gasteiger partial charge in [0.15, 0.2) is 0 Å². The molecule has 0 atom stereocenters. The first-order valence-electron chi connectivity index (χ1n) is 4.84. The Morgan fingerprint density at radius 3 is 2.65 bits per heavy atom. The lowest BCUT2D eigenvalue weighted by Crippen LogP contribution is -2.13. The summed E-state index contributed by atoms with van der Waals surface area (Å²) in [4.78, 5) is 11.5. The zero-order valence-electron chi connectivity index (χ0n) is 9.63. The fourth-order valence-electron chi connectivity index (χ4n) is 1.49. The van der Waals surface area contributed by atoms with E-state index < -0.39 is 16.0 Å². The van der Waals surface area contributed by atoms with Crippen LogP contribution in [-0.2, 0) is 21.8 Å². The molecule has 1 aromatic rings. The molecule has 6 nitrogen and oxygen atoms in total. The molecule has 0 saturated heterocycles. The highest BCUT2D eigenvalue weighted by atomic mass is 32.2. The summed E-state index contributed by atoms with van der Waals surface area (Å²) in [5.41, 5.74) is 0.277. The van der Waals surface area contributed by atoms with Gasteiger partial charge >= 0.3 is 5.97 Å². The molecule has 7 heteroatoms.